The Morgan fingerprint density at radius 2 is 2.14 bits per heavy atom. The zero-order valence-corrected chi connectivity index (χ0v) is 12.8. The summed E-state index contributed by atoms with van der Waals surface area (Å²) < 4.78 is 5.67. The maximum atomic E-state index is 12.3. The quantitative estimate of drug-likeness (QED) is 0.852. The van der Waals surface area contributed by atoms with Crippen molar-refractivity contribution >= 4 is 17.2 Å². The Hall–Kier alpha value is -1.88. The van der Waals surface area contributed by atoms with Crippen LogP contribution in [0.1, 0.15) is 29.3 Å². The van der Waals surface area contributed by atoms with E-state index in [4.69, 9.17) is 4.74 Å². The highest BCUT2D eigenvalue weighted by Gasteiger charge is 2.33. The van der Waals surface area contributed by atoms with Crippen LogP contribution in [-0.2, 0) is 6.42 Å². The van der Waals surface area contributed by atoms with Crippen LogP contribution >= 0.6 is 11.3 Å². The van der Waals surface area contributed by atoms with E-state index in [1.54, 1.807) is 6.20 Å². The number of likely N-dealkylation sites (tertiary alicyclic amines) is 1. The molecule has 1 aromatic carbocycles. The third-order valence-corrected chi connectivity index (χ3v) is 4.21. The van der Waals surface area contributed by atoms with Gasteiger partial charge in [-0.25, -0.2) is 4.98 Å². The lowest BCUT2D eigenvalue weighted by molar-refractivity contribution is 0.0177. The lowest BCUT2D eigenvalue weighted by Gasteiger charge is -2.38. The van der Waals surface area contributed by atoms with Gasteiger partial charge in [-0.1, -0.05) is 36.8 Å². The number of ether oxygens (including phenoxy) is 1. The first kappa shape index (κ1) is 14.1. The first-order chi connectivity index (χ1) is 10.3. The first-order valence-electron chi connectivity index (χ1n) is 7.20. The van der Waals surface area contributed by atoms with Gasteiger partial charge >= 0.3 is 0 Å². The van der Waals surface area contributed by atoms with Gasteiger partial charge in [0, 0.05) is 17.1 Å². The molecule has 0 saturated carbocycles. The van der Waals surface area contributed by atoms with E-state index in [1.165, 1.54) is 16.9 Å². The van der Waals surface area contributed by atoms with Crippen molar-refractivity contribution in [1.29, 1.82) is 0 Å². The summed E-state index contributed by atoms with van der Waals surface area (Å²) in [5.41, 5.74) is 2.03. The molecular weight excluding hydrogens is 284 g/mol. The first-order valence-corrected chi connectivity index (χ1v) is 8.08. The molecule has 0 bridgehead atoms. The standard InChI is InChI=1S/C16H18N2O2S/c1-2-3-12-4-6-13(7-5-12)15(19)18-10-14(11-18)20-16-17-8-9-21-16/h4-9,14H,2-3,10-11H2,1H3. The number of amides is 1. The topological polar surface area (TPSA) is 42.4 Å². The number of hydrogen-bond donors (Lipinski definition) is 0. The van der Waals surface area contributed by atoms with E-state index in [9.17, 15) is 4.79 Å². The van der Waals surface area contributed by atoms with Crippen LogP contribution in [0.4, 0.5) is 0 Å². The second-order valence-electron chi connectivity index (χ2n) is 5.19. The van der Waals surface area contributed by atoms with Crippen LogP contribution < -0.4 is 4.74 Å². The van der Waals surface area contributed by atoms with Gasteiger partial charge in [0.25, 0.3) is 11.1 Å². The van der Waals surface area contributed by atoms with E-state index < -0.39 is 0 Å². The average Bonchev–Trinajstić information content (AvgIpc) is 2.96. The van der Waals surface area contributed by atoms with Gasteiger partial charge in [0.1, 0.15) is 6.10 Å². The van der Waals surface area contributed by atoms with Crippen molar-refractivity contribution in [3.8, 4) is 5.19 Å². The molecule has 0 atom stereocenters. The zero-order chi connectivity index (χ0) is 14.7. The lowest BCUT2D eigenvalue weighted by atomic mass is 10.1. The number of rotatable bonds is 5. The molecule has 2 aromatic rings. The van der Waals surface area contributed by atoms with Gasteiger partial charge in [0.15, 0.2) is 0 Å². The minimum absolute atomic E-state index is 0.0689. The fraction of sp³-hybridized carbons (Fsp3) is 0.375. The van der Waals surface area contributed by atoms with Gasteiger partial charge < -0.3 is 9.64 Å². The third-order valence-electron chi connectivity index (χ3n) is 3.55. The molecule has 1 aliphatic heterocycles. The summed E-state index contributed by atoms with van der Waals surface area (Å²) in [6.45, 7) is 3.42. The van der Waals surface area contributed by atoms with Crippen LogP contribution in [0.25, 0.3) is 0 Å². The van der Waals surface area contributed by atoms with Gasteiger partial charge in [0.2, 0.25) is 0 Å². The molecule has 1 fully saturated rings. The third kappa shape index (κ3) is 3.24. The summed E-state index contributed by atoms with van der Waals surface area (Å²) in [5.74, 6) is 0.0806. The van der Waals surface area contributed by atoms with Crippen molar-refractivity contribution in [3.05, 3.63) is 47.0 Å². The van der Waals surface area contributed by atoms with Crippen molar-refractivity contribution in [2.24, 2.45) is 0 Å². The van der Waals surface area contributed by atoms with Gasteiger partial charge in [-0.2, -0.15) is 0 Å². The fourth-order valence-corrected chi connectivity index (χ4v) is 2.93. The summed E-state index contributed by atoms with van der Waals surface area (Å²) in [6.07, 6.45) is 3.97. The molecule has 0 radical (unpaired) electrons. The minimum atomic E-state index is 0.0689. The zero-order valence-electron chi connectivity index (χ0n) is 12.0. The smallest absolute Gasteiger partial charge is 0.273 e. The molecule has 0 aliphatic carbocycles. The summed E-state index contributed by atoms with van der Waals surface area (Å²) >= 11 is 1.48. The number of benzene rings is 1. The van der Waals surface area contributed by atoms with Crippen LogP contribution in [0, 0.1) is 0 Å². The second kappa shape index (κ2) is 6.26. The highest BCUT2D eigenvalue weighted by atomic mass is 32.1. The molecular formula is C16H18N2O2S. The van der Waals surface area contributed by atoms with Gasteiger partial charge in [0.05, 0.1) is 13.1 Å². The van der Waals surface area contributed by atoms with E-state index >= 15 is 0 Å². The summed E-state index contributed by atoms with van der Waals surface area (Å²) in [5, 5.41) is 2.56. The summed E-state index contributed by atoms with van der Waals surface area (Å²) in [6, 6.07) is 7.92. The van der Waals surface area contributed by atoms with Crippen molar-refractivity contribution in [1.82, 2.24) is 9.88 Å². The Balaban J connectivity index is 1.53. The molecule has 110 valence electrons. The number of aromatic nitrogens is 1. The molecule has 4 nitrogen and oxygen atoms in total. The van der Waals surface area contributed by atoms with E-state index in [-0.39, 0.29) is 12.0 Å². The number of hydrogen-bond acceptors (Lipinski definition) is 4. The van der Waals surface area contributed by atoms with Crippen molar-refractivity contribution in [2.75, 3.05) is 13.1 Å². The molecule has 5 heteroatoms. The Morgan fingerprint density at radius 1 is 1.38 bits per heavy atom. The molecule has 0 spiro atoms. The van der Waals surface area contributed by atoms with E-state index in [1.807, 2.05) is 34.5 Å². The monoisotopic (exact) mass is 302 g/mol. The molecule has 2 heterocycles. The predicted molar refractivity (Wildman–Crippen MR) is 82.9 cm³/mol. The van der Waals surface area contributed by atoms with Gasteiger partial charge in [-0.3, -0.25) is 4.79 Å². The number of thiazole rings is 1. The molecule has 21 heavy (non-hydrogen) atoms. The van der Waals surface area contributed by atoms with E-state index in [0.717, 1.165) is 18.4 Å². The molecule has 1 aliphatic rings. The number of nitrogens with zero attached hydrogens (tertiary/aromatic N) is 2. The lowest BCUT2D eigenvalue weighted by Crippen LogP contribution is -2.56. The van der Waals surface area contributed by atoms with Crippen molar-refractivity contribution in [3.63, 3.8) is 0 Å². The van der Waals surface area contributed by atoms with Gasteiger partial charge in [-0.05, 0) is 24.1 Å². The van der Waals surface area contributed by atoms with Crippen LogP contribution in [0.2, 0.25) is 0 Å². The maximum absolute atomic E-state index is 12.3. The Bertz CT molecular complexity index is 589. The largest absolute Gasteiger partial charge is 0.463 e. The van der Waals surface area contributed by atoms with Crippen molar-refractivity contribution in [2.45, 2.75) is 25.9 Å². The average molecular weight is 302 g/mol. The van der Waals surface area contributed by atoms with Crippen LogP contribution in [-0.4, -0.2) is 35.0 Å². The summed E-state index contributed by atoms with van der Waals surface area (Å²) in [4.78, 5) is 18.2. The molecule has 1 aromatic heterocycles. The number of carbonyl (C=O) groups excluding carboxylic acids is 1. The highest BCUT2D eigenvalue weighted by Crippen LogP contribution is 2.21. The molecule has 0 N–H and O–H groups in total. The Morgan fingerprint density at radius 3 is 2.76 bits per heavy atom. The number of aryl methyl sites for hydroxylation is 1. The highest BCUT2D eigenvalue weighted by molar-refractivity contribution is 7.11. The molecule has 1 amide bonds. The Labute approximate surface area is 128 Å². The second-order valence-corrected chi connectivity index (χ2v) is 6.05. The maximum Gasteiger partial charge on any atom is 0.273 e. The normalized spacial score (nSPS) is 14.8. The fourth-order valence-electron chi connectivity index (χ4n) is 2.37. The predicted octanol–water partition coefficient (Wildman–Crippen LogP) is 3.00. The SMILES string of the molecule is CCCc1ccc(C(=O)N2CC(Oc3nccs3)C2)cc1. The molecule has 1 saturated heterocycles. The van der Waals surface area contributed by atoms with Crippen LogP contribution in [0.3, 0.4) is 0 Å². The number of carbonyl (C=O) groups is 1. The summed E-state index contributed by atoms with van der Waals surface area (Å²) in [7, 11) is 0. The molecule has 0 unspecified atom stereocenters. The van der Waals surface area contributed by atoms with Crippen LogP contribution in [0.15, 0.2) is 35.8 Å². The van der Waals surface area contributed by atoms with Crippen LogP contribution in [0.5, 0.6) is 5.19 Å². The van der Waals surface area contributed by atoms with E-state index in [0.29, 0.717) is 18.3 Å². The van der Waals surface area contributed by atoms with E-state index in [2.05, 4.69) is 11.9 Å². The van der Waals surface area contributed by atoms with Crippen molar-refractivity contribution < 1.29 is 9.53 Å². The van der Waals surface area contributed by atoms with Gasteiger partial charge in [-0.15, -0.1) is 0 Å². The minimum Gasteiger partial charge on any atom is -0.463 e. The Kier molecular flexibility index (Phi) is 4.20. The molecule has 3 rings (SSSR count).